The molecule has 0 saturated carbocycles. The average molecular weight is 432 g/mol. The predicted molar refractivity (Wildman–Crippen MR) is 114 cm³/mol. The number of nitrogens with zero attached hydrogens (tertiary/aromatic N) is 3. The van der Waals surface area contributed by atoms with Gasteiger partial charge in [0.1, 0.15) is 5.75 Å². The van der Waals surface area contributed by atoms with E-state index in [1.165, 1.54) is 18.2 Å². The minimum Gasteiger partial charge on any atom is -0.494 e. The second-order valence-electron chi connectivity index (χ2n) is 6.22. The predicted octanol–water partition coefficient (Wildman–Crippen LogP) is 5.41. The van der Waals surface area contributed by atoms with Gasteiger partial charge < -0.3 is 15.4 Å². The molecular formula is C20H19ClFN5O3. The van der Waals surface area contributed by atoms with Crippen LogP contribution >= 0.6 is 11.6 Å². The van der Waals surface area contributed by atoms with E-state index in [2.05, 4.69) is 20.6 Å². The zero-order valence-electron chi connectivity index (χ0n) is 15.8. The SMILES string of the molecule is O=[N+]([O-])c1cccc(Nc2nc(Nc3ccc(OCCCCCl)cc3)ncc2F)c1. The highest BCUT2D eigenvalue weighted by molar-refractivity contribution is 6.17. The first-order chi connectivity index (χ1) is 14.5. The molecule has 3 aromatic rings. The van der Waals surface area contributed by atoms with Crippen LogP contribution in [0, 0.1) is 15.9 Å². The van der Waals surface area contributed by atoms with E-state index >= 15 is 0 Å². The van der Waals surface area contributed by atoms with Gasteiger partial charge >= 0.3 is 0 Å². The highest BCUT2D eigenvalue weighted by Gasteiger charge is 2.11. The van der Waals surface area contributed by atoms with E-state index < -0.39 is 10.7 Å². The quantitative estimate of drug-likeness (QED) is 0.191. The summed E-state index contributed by atoms with van der Waals surface area (Å²) >= 11 is 5.64. The highest BCUT2D eigenvalue weighted by Crippen LogP contribution is 2.24. The Hall–Kier alpha value is -3.46. The maximum atomic E-state index is 14.1. The summed E-state index contributed by atoms with van der Waals surface area (Å²) in [6, 6.07) is 12.9. The van der Waals surface area contributed by atoms with Crippen LogP contribution in [0.25, 0.3) is 0 Å². The van der Waals surface area contributed by atoms with Crippen LogP contribution in [0.1, 0.15) is 12.8 Å². The fourth-order valence-corrected chi connectivity index (χ4v) is 2.69. The van der Waals surface area contributed by atoms with Crippen molar-refractivity contribution in [2.75, 3.05) is 23.1 Å². The standard InChI is InChI=1S/C20H19ClFN5O3/c21-10-1-2-11-30-17-8-6-14(7-9-17)25-20-23-13-18(22)19(26-20)24-15-4-3-5-16(12-15)27(28)29/h3-9,12-13H,1-2,10-11H2,(H2,23,24,25,26). The average Bonchev–Trinajstić information content (AvgIpc) is 2.75. The summed E-state index contributed by atoms with van der Waals surface area (Å²) in [4.78, 5) is 18.4. The van der Waals surface area contributed by atoms with Gasteiger partial charge in [-0.25, -0.2) is 9.37 Å². The summed E-state index contributed by atoms with van der Waals surface area (Å²) in [5, 5.41) is 16.6. The van der Waals surface area contributed by atoms with Crippen molar-refractivity contribution in [3.8, 4) is 5.75 Å². The Morgan fingerprint density at radius 3 is 2.63 bits per heavy atom. The summed E-state index contributed by atoms with van der Waals surface area (Å²) in [6.07, 6.45) is 2.80. The number of anilines is 4. The Bertz CT molecular complexity index is 1000. The van der Waals surface area contributed by atoms with Gasteiger partial charge in [-0.1, -0.05) is 6.07 Å². The van der Waals surface area contributed by atoms with Crippen LogP contribution in [0.4, 0.5) is 33.2 Å². The highest BCUT2D eigenvalue weighted by atomic mass is 35.5. The third-order valence-electron chi connectivity index (χ3n) is 3.97. The van der Waals surface area contributed by atoms with E-state index in [1.807, 2.05) is 0 Å². The van der Waals surface area contributed by atoms with Crippen LogP contribution in [-0.2, 0) is 0 Å². The number of aromatic nitrogens is 2. The second-order valence-corrected chi connectivity index (χ2v) is 6.59. The van der Waals surface area contributed by atoms with E-state index in [9.17, 15) is 14.5 Å². The molecule has 30 heavy (non-hydrogen) atoms. The molecule has 2 N–H and O–H groups in total. The van der Waals surface area contributed by atoms with Crippen molar-refractivity contribution < 1.29 is 14.1 Å². The summed E-state index contributed by atoms with van der Waals surface area (Å²) in [5.41, 5.74) is 0.914. The van der Waals surface area contributed by atoms with Crippen LogP contribution in [0.2, 0.25) is 0 Å². The van der Waals surface area contributed by atoms with Gasteiger partial charge in [0.05, 0.1) is 17.7 Å². The van der Waals surface area contributed by atoms with Crippen molar-refractivity contribution in [1.82, 2.24) is 9.97 Å². The number of benzene rings is 2. The Balaban J connectivity index is 1.66. The van der Waals surface area contributed by atoms with Gasteiger partial charge in [0.25, 0.3) is 5.69 Å². The molecule has 0 aliphatic heterocycles. The van der Waals surface area contributed by atoms with Gasteiger partial charge in [-0.2, -0.15) is 4.98 Å². The van der Waals surface area contributed by atoms with Gasteiger partial charge in [-0.05, 0) is 43.2 Å². The Morgan fingerprint density at radius 2 is 1.90 bits per heavy atom. The lowest BCUT2D eigenvalue weighted by molar-refractivity contribution is -0.384. The normalized spacial score (nSPS) is 10.5. The first kappa shape index (κ1) is 21.3. The number of unbranched alkanes of at least 4 members (excludes halogenated alkanes) is 1. The molecule has 1 aromatic heterocycles. The van der Waals surface area contributed by atoms with E-state index in [0.717, 1.165) is 24.8 Å². The molecule has 0 fully saturated rings. The van der Waals surface area contributed by atoms with Gasteiger partial charge in [-0.15, -0.1) is 11.6 Å². The number of ether oxygens (including phenoxy) is 1. The maximum Gasteiger partial charge on any atom is 0.271 e. The Kier molecular flexibility index (Phi) is 7.34. The molecule has 0 unspecified atom stereocenters. The van der Waals surface area contributed by atoms with Gasteiger partial charge in [0.2, 0.25) is 5.95 Å². The zero-order valence-corrected chi connectivity index (χ0v) is 16.6. The molecule has 0 radical (unpaired) electrons. The van der Waals surface area contributed by atoms with Gasteiger partial charge in [-0.3, -0.25) is 10.1 Å². The third kappa shape index (κ3) is 6.02. The topological polar surface area (TPSA) is 102 Å². The van der Waals surface area contributed by atoms with Crippen LogP contribution in [0.3, 0.4) is 0 Å². The van der Waals surface area contributed by atoms with Crippen molar-refractivity contribution in [2.24, 2.45) is 0 Å². The van der Waals surface area contributed by atoms with E-state index in [4.69, 9.17) is 16.3 Å². The number of rotatable bonds is 10. The summed E-state index contributed by atoms with van der Waals surface area (Å²) in [5.74, 6) is 0.713. The van der Waals surface area contributed by atoms with Gasteiger partial charge in [0, 0.05) is 29.4 Å². The van der Waals surface area contributed by atoms with Crippen molar-refractivity contribution in [2.45, 2.75) is 12.8 Å². The number of alkyl halides is 1. The molecule has 0 spiro atoms. The molecule has 2 aromatic carbocycles. The number of hydrogen-bond donors (Lipinski definition) is 2. The second kappa shape index (κ2) is 10.4. The molecule has 156 valence electrons. The molecule has 3 rings (SSSR count). The summed E-state index contributed by atoms with van der Waals surface area (Å²) in [7, 11) is 0. The number of hydrogen-bond acceptors (Lipinski definition) is 7. The molecule has 1 heterocycles. The number of nitro groups is 1. The molecule has 0 aliphatic carbocycles. The van der Waals surface area contributed by atoms with Crippen LogP contribution in [0.5, 0.6) is 5.75 Å². The molecule has 8 nitrogen and oxygen atoms in total. The monoisotopic (exact) mass is 431 g/mol. The minimum atomic E-state index is -0.687. The number of non-ortho nitro benzene ring substituents is 1. The molecule has 0 aliphatic rings. The first-order valence-electron chi connectivity index (χ1n) is 9.15. The zero-order chi connectivity index (χ0) is 21.3. The number of nitrogens with one attached hydrogen (secondary N) is 2. The van der Waals surface area contributed by atoms with Crippen molar-refractivity contribution >= 4 is 40.4 Å². The smallest absolute Gasteiger partial charge is 0.271 e. The van der Waals surface area contributed by atoms with Crippen molar-refractivity contribution in [3.05, 3.63) is 70.7 Å². The number of halogens is 2. The molecular weight excluding hydrogens is 413 g/mol. The Labute approximate surface area is 177 Å². The lowest BCUT2D eigenvalue weighted by atomic mass is 10.3. The van der Waals surface area contributed by atoms with Crippen molar-refractivity contribution in [1.29, 1.82) is 0 Å². The third-order valence-corrected chi connectivity index (χ3v) is 4.24. The Morgan fingerprint density at radius 1 is 1.10 bits per heavy atom. The lowest BCUT2D eigenvalue weighted by Crippen LogP contribution is -2.03. The largest absolute Gasteiger partial charge is 0.494 e. The molecule has 10 heteroatoms. The fraction of sp³-hybridized carbons (Fsp3) is 0.200. The minimum absolute atomic E-state index is 0.104. The number of nitro benzene ring substituents is 1. The van der Waals surface area contributed by atoms with Gasteiger partial charge in [0.15, 0.2) is 11.6 Å². The van der Waals surface area contributed by atoms with E-state index in [-0.39, 0.29) is 17.5 Å². The molecule has 0 atom stereocenters. The molecule has 0 bridgehead atoms. The molecule has 0 amide bonds. The maximum absolute atomic E-state index is 14.1. The first-order valence-corrected chi connectivity index (χ1v) is 9.68. The van der Waals surface area contributed by atoms with Crippen LogP contribution in [0.15, 0.2) is 54.7 Å². The summed E-state index contributed by atoms with van der Waals surface area (Å²) < 4.78 is 19.7. The van der Waals surface area contributed by atoms with Crippen molar-refractivity contribution in [3.63, 3.8) is 0 Å². The van der Waals surface area contributed by atoms with Crippen LogP contribution in [-0.4, -0.2) is 27.4 Å². The molecule has 0 saturated heterocycles. The lowest BCUT2D eigenvalue weighted by Gasteiger charge is -2.10. The summed E-state index contributed by atoms with van der Waals surface area (Å²) in [6.45, 7) is 0.591. The van der Waals surface area contributed by atoms with E-state index in [0.29, 0.717) is 23.9 Å². The van der Waals surface area contributed by atoms with E-state index in [1.54, 1.807) is 30.3 Å². The van der Waals surface area contributed by atoms with Crippen LogP contribution < -0.4 is 15.4 Å². The fourth-order valence-electron chi connectivity index (χ4n) is 2.50.